The molecule has 0 aromatic carbocycles. The number of carbonyl (C=O) groups is 1. The van der Waals surface area contributed by atoms with Gasteiger partial charge in [0.15, 0.2) is 0 Å². The van der Waals surface area contributed by atoms with E-state index in [1.165, 1.54) is 38.5 Å². The zero-order valence-electron chi connectivity index (χ0n) is 9.64. The summed E-state index contributed by atoms with van der Waals surface area (Å²) in [5.74, 6) is 0.686. The molecule has 3 heteroatoms. The number of hydrogen-bond donors (Lipinski definition) is 2. The van der Waals surface area contributed by atoms with Crippen molar-refractivity contribution < 1.29 is 4.79 Å². The molecule has 1 saturated heterocycles. The molecule has 1 heterocycles. The highest BCUT2D eigenvalue weighted by Crippen LogP contribution is 2.34. The van der Waals surface area contributed by atoms with E-state index < -0.39 is 0 Å². The van der Waals surface area contributed by atoms with Gasteiger partial charge in [-0.25, -0.2) is 4.79 Å². The maximum atomic E-state index is 11.4. The van der Waals surface area contributed by atoms with Crippen molar-refractivity contribution in [3.8, 4) is 0 Å². The van der Waals surface area contributed by atoms with Crippen molar-refractivity contribution in [1.82, 2.24) is 10.6 Å². The molecule has 2 N–H and O–H groups in total. The standard InChI is InChI=1S/C12H22N2O/c1-12(8-9-13-11(15)14-12)10-6-4-2-3-5-7-10/h10H,2-9H2,1H3,(H2,13,14,15). The summed E-state index contributed by atoms with van der Waals surface area (Å²) >= 11 is 0. The van der Waals surface area contributed by atoms with E-state index in [-0.39, 0.29) is 11.6 Å². The number of hydrogen-bond acceptors (Lipinski definition) is 1. The van der Waals surface area contributed by atoms with Gasteiger partial charge in [0.05, 0.1) is 0 Å². The van der Waals surface area contributed by atoms with Crippen LogP contribution >= 0.6 is 0 Å². The molecule has 1 unspecified atom stereocenters. The summed E-state index contributed by atoms with van der Waals surface area (Å²) in [6, 6.07) is 0.0213. The molecule has 0 bridgehead atoms. The van der Waals surface area contributed by atoms with Gasteiger partial charge in [0.1, 0.15) is 0 Å². The van der Waals surface area contributed by atoms with Crippen molar-refractivity contribution in [3.05, 3.63) is 0 Å². The largest absolute Gasteiger partial charge is 0.338 e. The van der Waals surface area contributed by atoms with Gasteiger partial charge in [-0.2, -0.15) is 0 Å². The molecule has 0 radical (unpaired) electrons. The summed E-state index contributed by atoms with van der Waals surface area (Å²) in [5, 5.41) is 5.98. The van der Waals surface area contributed by atoms with Crippen molar-refractivity contribution >= 4 is 6.03 Å². The van der Waals surface area contributed by atoms with Crippen LogP contribution in [0.25, 0.3) is 0 Å². The average Bonchev–Trinajstić information content (AvgIpc) is 2.45. The quantitative estimate of drug-likeness (QED) is 0.641. The Morgan fingerprint density at radius 3 is 2.47 bits per heavy atom. The van der Waals surface area contributed by atoms with Gasteiger partial charge >= 0.3 is 6.03 Å². The van der Waals surface area contributed by atoms with Crippen molar-refractivity contribution in [3.63, 3.8) is 0 Å². The number of carbonyl (C=O) groups excluding carboxylic acids is 1. The molecule has 0 spiro atoms. The van der Waals surface area contributed by atoms with E-state index in [4.69, 9.17) is 0 Å². The zero-order valence-corrected chi connectivity index (χ0v) is 9.64. The minimum Gasteiger partial charge on any atom is -0.338 e. The second kappa shape index (κ2) is 4.42. The Morgan fingerprint density at radius 1 is 1.20 bits per heavy atom. The highest BCUT2D eigenvalue weighted by molar-refractivity contribution is 5.75. The van der Waals surface area contributed by atoms with Gasteiger partial charge in [0.2, 0.25) is 0 Å². The van der Waals surface area contributed by atoms with Crippen molar-refractivity contribution in [2.45, 2.75) is 57.4 Å². The summed E-state index contributed by atoms with van der Waals surface area (Å²) in [6.07, 6.45) is 9.07. The van der Waals surface area contributed by atoms with E-state index >= 15 is 0 Å². The molecule has 2 aliphatic rings. The fraction of sp³-hybridized carbons (Fsp3) is 0.917. The third-order valence-electron chi connectivity index (χ3n) is 4.09. The third-order valence-corrected chi connectivity index (χ3v) is 4.09. The van der Waals surface area contributed by atoms with Gasteiger partial charge in [-0.1, -0.05) is 25.7 Å². The first-order valence-electron chi connectivity index (χ1n) is 6.27. The number of urea groups is 1. The lowest BCUT2D eigenvalue weighted by molar-refractivity contribution is 0.165. The Kier molecular flexibility index (Phi) is 3.17. The van der Waals surface area contributed by atoms with Crippen molar-refractivity contribution in [2.24, 2.45) is 5.92 Å². The van der Waals surface area contributed by atoms with Gasteiger partial charge in [-0.05, 0) is 32.1 Å². The predicted octanol–water partition coefficient (Wildman–Crippen LogP) is 2.42. The number of rotatable bonds is 1. The fourth-order valence-corrected chi connectivity index (χ4v) is 3.02. The van der Waals surface area contributed by atoms with E-state index in [1.807, 2.05) is 0 Å². The van der Waals surface area contributed by atoms with Crippen LogP contribution in [0, 0.1) is 5.92 Å². The molecule has 1 aliphatic heterocycles. The molecule has 1 saturated carbocycles. The van der Waals surface area contributed by atoms with Crippen LogP contribution in [0.1, 0.15) is 51.9 Å². The first-order valence-corrected chi connectivity index (χ1v) is 6.27. The van der Waals surface area contributed by atoms with Crippen LogP contribution < -0.4 is 10.6 Å². The average molecular weight is 210 g/mol. The van der Waals surface area contributed by atoms with E-state index in [9.17, 15) is 4.79 Å². The maximum absolute atomic E-state index is 11.4. The molecule has 2 amide bonds. The molecular weight excluding hydrogens is 188 g/mol. The van der Waals surface area contributed by atoms with E-state index in [0.29, 0.717) is 5.92 Å². The summed E-state index contributed by atoms with van der Waals surface area (Å²) in [5.41, 5.74) is 0.0483. The minimum atomic E-state index is 0.0213. The smallest absolute Gasteiger partial charge is 0.315 e. The number of amides is 2. The monoisotopic (exact) mass is 210 g/mol. The van der Waals surface area contributed by atoms with Crippen LogP contribution in [0.15, 0.2) is 0 Å². The summed E-state index contributed by atoms with van der Waals surface area (Å²) in [6.45, 7) is 3.06. The van der Waals surface area contributed by atoms with Crippen LogP contribution in [-0.4, -0.2) is 18.1 Å². The Bertz CT molecular complexity index is 234. The first-order chi connectivity index (χ1) is 7.21. The topological polar surface area (TPSA) is 41.1 Å². The Morgan fingerprint density at radius 2 is 1.87 bits per heavy atom. The number of nitrogens with one attached hydrogen (secondary N) is 2. The van der Waals surface area contributed by atoms with Gasteiger partial charge < -0.3 is 10.6 Å². The minimum absolute atomic E-state index is 0.0213. The Labute approximate surface area is 92.0 Å². The zero-order chi connectivity index (χ0) is 10.7. The second-order valence-corrected chi connectivity index (χ2v) is 5.24. The Hall–Kier alpha value is -0.730. The summed E-state index contributed by atoms with van der Waals surface area (Å²) in [7, 11) is 0. The highest BCUT2D eigenvalue weighted by Gasteiger charge is 2.37. The van der Waals surface area contributed by atoms with Crippen molar-refractivity contribution in [2.75, 3.05) is 6.54 Å². The second-order valence-electron chi connectivity index (χ2n) is 5.24. The highest BCUT2D eigenvalue weighted by atomic mass is 16.2. The van der Waals surface area contributed by atoms with Gasteiger partial charge in [-0.15, -0.1) is 0 Å². The molecule has 0 aromatic heterocycles. The molecular formula is C12H22N2O. The Balaban J connectivity index is 2.02. The predicted molar refractivity (Wildman–Crippen MR) is 60.7 cm³/mol. The maximum Gasteiger partial charge on any atom is 0.315 e. The van der Waals surface area contributed by atoms with Crippen LogP contribution in [0.3, 0.4) is 0 Å². The molecule has 0 aromatic rings. The van der Waals surface area contributed by atoms with Gasteiger partial charge in [0, 0.05) is 12.1 Å². The van der Waals surface area contributed by atoms with E-state index in [0.717, 1.165) is 13.0 Å². The van der Waals surface area contributed by atoms with Crippen LogP contribution in [0.4, 0.5) is 4.79 Å². The van der Waals surface area contributed by atoms with E-state index in [2.05, 4.69) is 17.6 Å². The molecule has 15 heavy (non-hydrogen) atoms. The molecule has 1 atom stereocenters. The first kappa shape index (κ1) is 10.8. The molecule has 3 nitrogen and oxygen atoms in total. The van der Waals surface area contributed by atoms with E-state index in [1.54, 1.807) is 0 Å². The summed E-state index contributed by atoms with van der Waals surface area (Å²) < 4.78 is 0. The van der Waals surface area contributed by atoms with Gasteiger partial charge in [-0.3, -0.25) is 0 Å². The molecule has 2 rings (SSSR count). The molecule has 86 valence electrons. The summed E-state index contributed by atoms with van der Waals surface area (Å²) in [4.78, 5) is 11.4. The molecule has 2 fully saturated rings. The third kappa shape index (κ3) is 2.44. The van der Waals surface area contributed by atoms with Crippen LogP contribution in [-0.2, 0) is 0 Å². The van der Waals surface area contributed by atoms with Crippen LogP contribution in [0.2, 0.25) is 0 Å². The lowest BCUT2D eigenvalue weighted by Crippen LogP contribution is -2.60. The normalized spacial score (nSPS) is 34.1. The van der Waals surface area contributed by atoms with Crippen LogP contribution in [0.5, 0.6) is 0 Å². The van der Waals surface area contributed by atoms with Gasteiger partial charge in [0.25, 0.3) is 0 Å². The fourth-order valence-electron chi connectivity index (χ4n) is 3.02. The SMILES string of the molecule is CC1(C2CCCCCC2)CCNC(=O)N1. The lowest BCUT2D eigenvalue weighted by Gasteiger charge is -2.41. The lowest BCUT2D eigenvalue weighted by atomic mass is 9.77. The van der Waals surface area contributed by atoms with Crippen molar-refractivity contribution in [1.29, 1.82) is 0 Å². The molecule has 1 aliphatic carbocycles.